The minimum atomic E-state index is -0.789. The molecule has 0 aromatic rings. The maximum absolute atomic E-state index is 13.1. The number of esters is 1. The second-order valence-corrected chi connectivity index (χ2v) is 15.8. The van der Waals surface area contributed by atoms with Crippen LogP contribution in [-0.2, 0) is 14.3 Å². The van der Waals surface area contributed by atoms with E-state index < -0.39 is 18.2 Å². The number of aliphatic hydroxyl groups excluding tert-OH is 2. The van der Waals surface area contributed by atoms with E-state index in [1.54, 1.807) is 0 Å². The van der Waals surface area contributed by atoms with Crippen molar-refractivity contribution in [2.75, 3.05) is 6.61 Å². The van der Waals surface area contributed by atoms with Crippen LogP contribution in [0.15, 0.2) is 36.5 Å². The van der Waals surface area contributed by atoms with E-state index in [4.69, 9.17) is 4.74 Å². The van der Waals surface area contributed by atoms with Gasteiger partial charge in [0.15, 0.2) is 0 Å². The molecule has 0 radical (unpaired) electrons. The fourth-order valence-electron chi connectivity index (χ4n) is 6.97. The van der Waals surface area contributed by atoms with Crippen molar-refractivity contribution in [2.24, 2.45) is 0 Å². The van der Waals surface area contributed by atoms with Crippen molar-refractivity contribution in [3.05, 3.63) is 36.5 Å². The number of nitrogens with one attached hydrogen (secondary N) is 1. The van der Waals surface area contributed by atoms with Crippen LogP contribution in [0, 0.1) is 0 Å². The van der Waals surface area contributed by atoms with Gasteiger partial charge in [0.1, 0.15) is 6.10 Å². The van der Waals surface area contributed by atoms with Crippen molar-refractivity contribution in [3.63, 3.8) is 0 Å². The number of unbranched alkanes of at least 4 members (excludes halogenated alkanes) is 23. The molecular formula is C48H89NO5. The molecular weight excluding hydrogens is 671 g/mol. The van der Waals surface area contributed by atoms with Gasteiger partial charge in [0.25, 0.3) is 0 Å². The lowest BCUT2D eigenvalue weighted by Gasteiger charge is -2.24. The zero-order chi connectivity index (χ0) is 39.6. The van der Waals surface area contributed by atoms with E-state index >= 15 is 0 Å². The fourth-order valence-corrected chi connectivity index (χ4v) is 6.97. The minimum Gasteiger partial charge on any atom is -0.462 e. The van der Waals surface area contributed by atoms with Crippen LogP contribution in [-0.4, -0.2) is 46.9 Å². The number of carbonyl (C=O) groups is 2. The molecule has 0 rings (SSSR count). The summed E-state index contributed by atoms with van der Waals surface area (Å²) >= 11 is 0. The Kier molecular flexibility index (Phi) is 40.7. The third-order valence-corrected chi connectivity index (χ3v) is 10.5. The molecule has 54 heavy (non-hydrogen) atoms. The van der Waals surface area contributed by atoms with Crippen LogP contribution >= 0.6 is 0 Å². The van der Waals surface area contributed by atoms with Crippen molar-refractivity contribution in [3.8, 4) is 0 Å². The van der Waals surface area contributed by atoms with Gasteiger partial charge < -0.3 is 20.3 Å². The molecule has 0 aliphatic rings. The van der Waals surface area contributed by atoms with E-state index in [1.165, 1.54) is 96.3 Å². The number of ether oxygens (including phenoxy) is 1. The first-order chi connectivity index (χ1) is 26.5. The number of aliphatic hydroxyl groups is 2. The summed E-state index contributed by atoms with van der Waals surface area (Å²) in [5, 5.41) is 23.6. The first-order valence-corrected chi connectivity index (χ1v) is 23.2. The third kappa shape index (κ3) is 37.0. The fraction of sp³-hybridized carbons (Fsp3) is 0.833. The van der Waals surface area contributed by atoms with E-state index in [-0.39, 0.29) is 24.9 Å². The van der Waals surface area contributed by atoms with Crippen molar-refractivity contribution >= 4 is 11.9 Å². The monoisotopic (exact) mass is 760 g/mol. The first kappa shape index (κ1) is 52.1. The maximum atomic E-state index is 13.1. The molecule has 3 atom stereocenters. The van der Waals surface area contributed by atoms with Crippen molar-refractivity contribution in [2.45, 2.75) is 251 Å². The molecule has 0 aliphatic heterocycles. The van der Waals surface area contributed by atoms with Gasteiger partial charge in [-0.15, -0.1) is 0 Å². The summed E-state index contributed by atoms with van der Waals surface area (Å²) in [6, 6.07) is -0.704. The highest BCUT2D eigenvalue weighted by molar-refractivity contribution is 5.77. The summed E-state index contributed by atoms with van der Waals surface area (Å²) in [6.45, 7) is 6.34. The Bertz CT molecular complexity index is 900. The van der Waals surface area contributed by atoms with Gasteiger partial charge in [0.05, 0.1) is 25.2 Å². The van der Waals surface area contributed by atoms with Crippen LogP contribution in [0.4, 0.5) is 0 Å². The van der Waals surface area contributed by atoms with E-state index in [0.717, 1.165) is 89.9 Å². The zero-order valence-electron chi connectivity index (χ0n) is 35.9. The van der Waals surface area contributed by atoms with Crippen molar-refractivity contribution in [1.82, 2.24) is 5.32 Å². The molecule has 0 aliphatic carbocycles. The molecule has 1 amide bonds. The van der Waals surface area contributed by atoms with Gasteiger partial charge in [-0.1, -0.05) is 198 Å². The van der Waals surface area contributed by atoms with Crippen LogP contribution in [0.5, 0.6) is 0 Å². The SMILES string of the molecule is CC/C=C/C/C=C/C/C=C/CCCCCCC(CC(=O)NC(CO)C(O)CCCCCCCCCCCC)OC(=O)CCCCCCCCCCCCC. The Morgan fingerprint density at radius 3 is 1.52 bits per heavy atom. The smallest absolute Gasteiger partial charge is 0.306 e. The molecule has 0 fully saturated rings. The van der Waals surface area contributed by atoms with Crippen molar-refractivity contribution < 1.29 is 24.5 Å². The normalized spacial score (nSPS) is 13.6. The molecule has 3 N–H and O–H groups in total. The van der Waals surface area contributed by atoms with Crippen LogP contribution in [0.1, 0.15) is 233 Å². The lowest BCUT2D eigenvalue weighted by Crippen LogP contribution is -2.46. The largest absolute Gasteiger partial charge is 0.462 e. The predicted molar refractivity (Wildman–Crippen MR) is 232 cm³/mol. The number of hydrogen-bond donors (Lipinski definition) is 3. The van der Waals surface area contributed by atoms with Gasteiger partial charge in [-0.3, -0.25) is 9.59 Å². The lowest BCUT2D eigenvalue weighted by atomic mass is 10.0. The van der Waals surface area contributed by atoms with E-state index in [9.17, 15) is 19.8 Å². The molecule has 3 unspecified atom stereocenters. The quantitative estimate of drug-likeness (QED) is 0.0328. The molecule has 6 heteroatoms. The number of rotatable bonds is 41. The first-order valence-electron chi connectivity index (χ1n) is 23.2. The highest BCUT2D eigenvalue weighted by Crippen LogP contribution is 2.17. The van der Waals surface area contributed by atoms with Crippen LogP contribution in [0.2, 0.25) is 0 Å². The number of amides is 1. The molecule has 0 bridgehead atoms. The highest BCUT2D eigenvalue weighted by Gasteiger charge is 2.24. The van der Waals surface area contributed by atoms with E-state index in [1.807, 2.05) is 0 Å². The molecule has 0 aromatic carbocycles. The van der Waals surface area contributed by atoms with Crippen molar-refractivity contribution in [1.29, 1.82) is 0 Å². The van der Waals surface area contributed by atoms with Gasteiger partial charge in [0, 0.05) is 6.42 Å². The molecule has 0 spiro atoms. The van der Waals surface area contributed by atoms with Gasteiger partial charge in [-0.2, -0.15) is 0 Å². The van der Waals surface area contributed by atoms with E-state index in [0.29, 0.717) is 19.3 Å². The Hall–Kier alpha value is -1.92. The molecule has 0 saturated heterocycles. The van der Waals surface area contributed by atoms with Crippen LogP contribution in [0.3, 0.4) is 0 Å². The molecule has 316 valence electrons. The Morgan fingerprint density at radius 1 is 0.556 bits per heavy atom. The predicted octanol–water partition coefficient (Wildman–Crippen LogP) is 13.3. The summed E-state index contributed by atoms with van der Waals surface area (Å²) in [4.78, 5) is 26.0. The zero-order valence-corrected chi connectivity index (χ0v) is 35.9. The summed E-state index contributed by atoms with van der Waals surface area (Å²) < 4.78 is 5.89. The topological polar surface area (TPSA) is 95.9 Å². The molecule has 0 saturated carbocycles. The Labute approximate surface area is 334 Å². The van der Waals surface area contributed by atoms with Gasteiger partial charge in [-0.05, 0) is 57.8 Å². The standard InChI is InChI=1S/C48H89NO5/c1-4-7-10-13-16-19-22-23-24-26-27-30-33-36-39-44(54-48(53)41-38-35-32-29-25-20-17-14-11-8-5-2)42-47(52)49-45(43-50)46(51)40-37-34-31-28-21-18-15-12-9-6-3/h7,10,16,19,23-24,44-46,50-51H,4-6,8-9,11-15,17-18,20-22,25-43H2,1-3H3,(H,49,52)/b10-7+,19-16+,24-23+. The summed E-state index contributed by atoms with van der Waals surface area (Å²) in [5.74, 6) is -0.492. The van der Waals surface area contributed by atoms with Crippen LogP contribution in [0.25, 0.3) is 0 Å². The average molecular weight is 760 g/mol. The Balaban J connectivity index is 4.64. The highest BCUT2D eigenvalue weighted by atomic mass is 16.5. The van der Waals surface area contributed by atoms with Crippen LogP contribution < -0.4 is 5.32 Å². The molecule has 0 heterocycles. The number of carbonyl (C=O) groups excluding carboxylic acids is 2. The second kappa shape index (κ2) is 42.2. The maximum Gasteiger partial charge on any atom is 0.306 e. The van der Waals surface area contributed by atoms with Gasteiger partial charge in [-0.25, -0.2) is 0 Å². The average Bonchev–Trinajstić information content (AvgIpc) is 3.16. The minimum absolute atomic E-state index is 0.0654. The summed E-state index contributed by atoms with van der Waals surface area (Å²) in [5.41, 5.74) is 0. The number of allylic oxidation sites excluding steroid dienone is 6. The van der Waals surface area contributed by atoms with Gasteiger partial charge >= 0.3 is 5.97 Å². The summed E-state index contributed by atoms with van der Waals surface area (Å²) in [7, 11) is 0. The van der Waals surface area contributed by atoms with Gasteiger partial charge in [0.2, 0.25) is 5.91 Å². The molecule has 0 aromatic heterocycles. The number of hydrogen-bond acceptors (Lipinski definition) is 5. The van der Waals surface area contributed by atoms with E-state index in [2.05, 4.69) is 62.5 Å². The molecule has 6 nitrogen and oxygen atoms in total. The third-order valence-electron chi connectivity index (χ3n) is 10.5. The lowest BCUT2D eigenvalue weighted by molar-refractivity contribution is -0.151. The summed E-state index contributed by atoms with van der Waals surface area (Å²) in [6.07, 6.45) is 47.7. The Morgan fingerprint density at radius 2 is 1.00 bits per heavy atom. The second-order valence-electron chi connectivity index (χ2n) is 15.8.